The van der Waals surface area contributed by atoms with Gasteiger partial charge in [0.25, 0.3) is 0 Å². The zero-order valence-electron chi connectivity index (χ0n) is 17.8. The summed E-state index contributed by atoms with van der Waals surface area (Å²) in [5, 5.41) is 10.6. The molecule has 27 heavy (non-hydrogen) atoms. The standard InChI is InChI=1S/C23H42O4/c1-4-6-8-9-10-12-19-20(22(25-3)18-21(19)24)13-15-23(14-11-7-5-2)26-16-17-27-23/h9-10,19-22,24H,4-8,11-18H2,1-3H3/b10-9-/t19?,20?,21-,22+/m0/s1. The SMILES string of the molecule is CCCC/C=C\CC1C(CCC2(CCCCC)OCCO2)[C@H](OC)C[C@@H]1O. The zero-order valence-corrected chi connectivity index (χ0v) is 17.8. The van der Waals surface area contributed by atoms with Crippen LogP contribution in [0.25, 0.3) is 0 Å². The first-order valence-corrected chi connectivity index (χ1v) is 11.3. The van der Waals surface area contributed by atoms with E-state index < -0.39 is 5.79 Å². The number of rotatable bonds is 13. The molecular formula is C23H42O4. The second-order valence-corrected chi connectivity index (χ2v) is 8.36. The van der Waals surface area contributed by atoms with Crippen LogP contribution in [-0.2, 0) is 14.2 Å². The van der Waals surface area contributed by atoms with Crippen molar-refractivity contribution in [1.29, 1.82) is 0 Å². The van der Waals surface area contributed by atoms with Crippen LogP contribution in [0.4, 0.5) is 0 Å². The molecule has 2 rings (SSSR count). The van der Waals surface area contributed by atoms with Gasteiger partial charge in [0.2, 0.25) is 0 Å². The van der Waals surface area contributed by atoms with E-state index in [0.717, 1.165) is 44.9 Å². The van der Waals surface area contributed by atoms with Gasteiger partial charge < -0.3 is 19.3 Å². The third-order valence-corrected chi connectivity index (χ3v) is 6.43. The molecule has 0 radical (unpaired) electrons. The molecule has 1 N–H and O–H groups in total. The first kappa shape index (κ1) is 22.9. The highest BCUT2D eigenvalue weighted by Crippen LogP contribution is 2.42. The van der Waals surface area contributed by atoms with Crippen molar-refractivity contribution in [3.8, 4) is 0 Å². The lowest BCUT2D eigenvalue weighted by molar-refractivity contribution is -0.172. The van der Waals surface area contributed by atoms with Crippen molar-refractivity contribution < 1.29 is 19.3 Å². The van der Waals surface area contributed by atoms with E-state index in [0.29, 0.717) is 19.1 Å². The predicted molar refractivity (Wildman–Crippen MR) is 110 cm³/mol. The van der Waals surface area contributed by atoms with E-state index in [1.165, 1.54) is 25.7 Å². The third kappa shape index (κ3) is 6.85. The first-order valence-electron chi connectivity index (χ1n) is 11.3. The lowest BCUT2D eigenvalue weighted by Gasteiger charge is -2.31. The Morgan fingerprint density at radius 1 is 1.00 bits per heavy atom. The van der Waals surface area contributed by atoms with Crippen LogP contribution in [0, 0.1) is 11.8 Å². The van der Waals surface area contributed by atoms with Gasteiger partial charge in [-0.25, -0.2) is 0 Å². The number of hydrogen-bond donors (Lipinski definition) is 1. The molecule has 1 heterocycles. The highest BCUT2D eigenvalue weighted by atomic mass is 16.7. The van der Waals surface area contributed by atoms with Gasteiger partial charge in [0.15, 0.2) is 5.79 Å². The number of unbranched alkanes of at least 4 members (excludes halogenated alkanes) is 4. The lowest BCUT2D eigenvalue weighted by Crippen LogP contribution is -2.33. The molecule has 158 valence electrons. The molecule has 4 atom stereocenters. The average molecular weight is 383 g/mol. The minimum absolute atomic E-state index is 0.142. The maximum atomic E-state index is 10.6. The molecule has 4 nitrogen and oxygen atoms in total. The van der Waals surface area contributed by atoms with E-state index >= 15 is 0 Å². The molecule has 0 aromatic heterocycles. The lowest BCUT2D eigenvalue weighted by atomic mass is 9.85. The van der Waals surface area contributed by atoms with Crippen LogP contribution < -0.4 is 0 Å². The molecule has 2 fully saturated rings. The van der Waals surface area contributed by atoms with E-state index in [1.54, 1.807) is 7.11 Å². The highest BCUT2D eigenvalue weighted by molar-refractivity contribution is 4.97. The fourth-order valence-electron chi connectivity index (χ4n) is 4.79. The fraction of sp³-hybridized carbons (Fsp3) is 0.913. The van der Waals surface area contributed by atoms with Crippen molar-refractivity contribution in [2.45, 2.75) is 102 Å². The molecule has 2 unspecified atom stereocenters. The van der Waals surface area contributed by atoms with Crippen LogP contribution in [-0.4, -0.2) is 43.4 Å². The summed E-state index contributed by atoms with van der Waals surface area (Å²) in [5.74, 6) is 0.251. The molecule has 1 aliphatic heterocycles. The number of methoxy groups -OCH3 is 1. The summed E-state index contributed by atoms with van der Waals surface area (Å²) in [7, 11) is 1.78. The molecule has 0 bridgehead atoms. The van der Waals surface area contributed by atoms with Crippen LogP contribution in [0.2, 0.25) is 0 Å². The van der Waals surface area contributed by atoms with Gasteiger partial charge in [-0.15, -0.1) is 0 Å². The Kier molecular flexibility index (Phi) is 10.3. The summed E-state index contributed by atoms with van der Waals surface area (Å²) < 4.78 is 17.9. The van der Waals surface area contributed by atoms with Gasteiger partial charge in [-0.2, -0.15) is 0 Å². The van der Waals surface area contributed by atoms with Crippen molar-refractivity contribution in [3.63, 3.8) is 0 Å². The summed E-state index contributed by atoms with van der Waals surface area (Å²) in [4.78, 5) is 0. The molecule has 0 spiro atoms. The van der Waals surface area contributed by atoms with Gasteiger partial charge in [0.05, 0.1) is 25.4 Å². The van der Waals surface area contributed by atoms with E-state index in [4.69, 9.17) is 14.2 Å². The Morgan fingerprint density at radius 3 is 2.41 bits per heavy atom. The monoisotopic (exact) mass is 382 g/mol. The summed E-state index contributed by atoms with van der Waals surface area (Å²) in [6, 6.07) is 0. The molecule has 0 aromatic carbocycles. The third-order valence-electron chi connectivity index (χ3n) is 6.43. The van der Waals surface area contributed by atoms with Gasteiger partial charge in [-0.1, -0.05) is 51.7 Å². The summed E-state index contributed by atoms with van der Waals surface area (Å²) >= 11 is 0. The fourth-order valence-corrected chi connectivity index (χ4v) is 4.79. The Bertz CT molecular complexity index is 417. The molecule has 1 saturated carbocycles. The number of hydrogen-bond acceptors (Lipinski definition) is 4. The van der Waals surface area contributed by atoms with Crippen LogP contribution in [0.3, 0.4) is 0 Å². The number of allylic oxidation sites excluding steroid dienone is 2. The highest BCUT2D eigenvalue weighted by Gasteiger charge is 2.44. The summed E-state index contributed by atoms with van der Waals surface area (Å²) in [6.45, 7) is 5.86. The Hall–Kier alpha value is -0.420. The summed E-state index contributed by atoms with van der Waals surface area (Å²) in [6.07, 6.45) is 16.2. The smallest absolute Gasteiger partial charge is 0.168 e. The molecular weight excluding hydrogens is 340 g/mol. The molecule has 1 saturated heterocycles. The minimum atomic E-state index is -0.400. The van der Waals surface area contributed by atoms with E-state index in [1.807, 2.05) is 0 Å². The van der Waals surface area contributed by atoms with Gasteiger partial charge >= 0.3 is 0 Å². The number of ether oxygens (including phenoxy) is 3. The molecule has 2 aliphatic rings. The van der Waals surface area contributed by atoms with Crippen molar-refractivity contribution in [2.24, 2.45) is 11.8 Å². The molecule has 4 heteroatoms. The van der Waals surface area contributed by atoms with Crippen molar-refractivity contribution in [3.05, 3.63) is 12.2 Å². The predicted octanol–water partition coefficient (Wildman–Crippen LogP) is 5.24. The molecule has 0 amide bonds. The minimum Gasteiger partial charge on any atom is -0.393 e. The van der Waals surface area contributed by atoms with Crippen molar-refractivity contribution in [1.82, 2.24) is 0 Å². The zero-order chi connectivity index (χ0) is 19.5. The average Bonchev–Trinajstić information content (AvgIpc) is 3.25. The van der Waals surface area contributed by atoms with Crippen LogP contribution in [0.5, 0.6) is 0 Å². The maximum Gasteiger partial charge on any atom is 0.168 e. The van der Waals surface area contributed by atoms with Crippen LogP contribution in [0.15, 0.2) is 12.2 Å². The number of aliphatic hydroxyl groups is 1. The van der Waals surface area contributed by atoms with Crippen LogP contribution in [0.1, 0.15) is 84.5 Å². The van der Waals surface area contributed by atoms with E-state index in [2.05, 4.69) is 26.0 Å². The first-order chi connectivity index (χ1) is 13.2. The van der Waals surface area contributed by atoms with E-state index in [-0.39, 0.29) is 18.1 Å². The van der Waals surface area contributed by atoms with Crippen molar-refractivity contribution >= 4 is 0 Å². The largest absolute Gasteiger partial charge is 0.393 e. The quantitative estimate of drug-likeness (QED) is 0.350. The van der Waals surface area contributed by atoms with E-state index in [9.17, 15) is 5.11 Å². The number of aliphatic hydroxyl groups excluding tert-OH is 1. The van der Waals surface area contributed by atoms with Gasteiger partial charge in [0, 0.05) is 26.4 Å². The summed E-state index contributed by atoms with van der Waals surface area (Å²) in [5.41, 5.74) is 0. The van der Waals surface area contributed by atoms with Gasteiger partial charge in [0.1, 0.15) is 0 Å². The van der Waals surface area contributed by atoms with Crippen molar-refractivity contribution in [2.75, 3.05) is 20.3 Å². The van der Waals surface area contributed by atoms with Crippen LogP contribution >= 0.6 is 0 Å². The Labute approximate surface area is 166 Å². The second-order valence-electron chi connectivity index (χ2n) is 8.36. The molecule has 1 aliphatic carbocycles. The Morgan fingerprint density at radius 2 is 1.74 bits per heavy atom. The second kappa shape index (κ2) is 12.2. The maximum absolute atomic E-state index is 10.6. The topological polar surface area (TPSA) is 47.9 Å². The normalized spacial score (nSPS) is 30.5. The molecule has 0 aromatic rings. The Balaban J connectivity index is 1.93. The van der Waals surface area contributed by atoms with Gasteiger partial charge in [-0.3, -0.25) is 0 Å². The van der Waals surface area contributed by atoms with Gasteiger partial charge in [-0.05, 0) is 37.5 Å².